The summed E-state index contributed by atoms with van der Waals surface area (Å²) in [4.78, 5) is 22.8. The van der Waals surface area contributed by atoms with Gasteiger partial charge in [-0.15, -0.1) is 0 Å². The van der Waals surface area contributed by atoms with Crippen molar-refractivity contribution in [2.24, 2.45) is 0 Å². The monoisotopic (exact) mass is 278 g/mol. The van der Waals surface area contributed by atoms with Crippen LogP contribution in [0.5, 0.6) is 5.75 Å². The van der Waals surface area contributed by atoms with Gasteiger partial charge < -0.3 is 9.84 Å². The number of hydrogen-bond donors (Lipinski definition) is 1. The molecule has 0 aromatic heterocycles. The number of carboxylic acid groups (broad SMARTS) is 1. The van der Waals surface area contributed by atoms with Crippen LogP contribution in [0.4, 0.5) is 0 Å². The standard InChI is InChI=1S/C16H22O4/c1-10-8-11(13(17)6-7-14(18)19)15(20-5)12(9-10)16(2,3)4/h8-9H,6-7H2,1-5H3,(H,18,19). The highest BCUT2D eigenvalue weighted by atomic mass is 16.5. The SMILES string of the molecule is COc1c(C(=O)CCC(=O)O)cc(C)cc1C(C)(C)C. The number of Topliss-reactive ketones (excluding diaryl/α,β-unsaturated/α-hetero) is 1. The minimum atomic E-state index is -0.971. The molecule has 0 fully saturated rings. The summed E-state index contributed by atoms with van der Waals surface area (Å²) >= 11 is 0. The van der Waals surface area contributed by atoms with Gasteiger partial charge >= 0.3 is 5.97 Å². The molecular formula is C16H22O4. The van der Waals surface area contributed by atoms with Gasteiger partial charge in [0, 0.05) is 12.0 Å². The van der Waals surface area contributed by atoms with E-state index in [1.165, 1.54) is 7.11 Å². The maximum atomic E-state index is 12.2. The number of aryl methyl sites for hydroxylation is 1. The van der Waals surface area contributed by atoms with Crippen LogP contribution in [0.2, 0.25) is 0 Å². The lowest BCUT2D eigenvalue weighted by Gasteiger charge is -2.24. The van der Waals surface area contributed by atoms with Crippen molar-refractivity contribution in [3.63, 3.8) is 0 Å². The average molecular weight is 278 g/mol. The number of carboxylic acids is 1. The molecule has 0 spiro atoms. The Morgan fingerprint density at radius 2 is 1.80 bits per heavy atom. The summed E-state index contributed by atoms with van der Waals surface area (Å²) in [5.41, 5.74) is 2.24. The Balaban J connectivity index is 3.28. The topological polar surface area (TPSA) is 63.6 Å². The highest BCUT2D eigenvalue weighted by Gasteiger charge is 2.24. The molecule has 110 valence electrons. The molecule has 0 saturated carbocycles. The van der Waals surface area contributed by atoms with Gasteiger partial charge in [0.25, 0.3) is 0 Å². The van der Waals surface area contributed by atoms with Crippen LogP contribution in [0.15, 0.2) is 12.1 Å². The first-order valence-corrected chi connectivity index (χ1v) is 6.61. The van der Waals surface area contributed by atoms with Crippen molar-refractivity contribution in [3.05, 3.63) is 28.8 Å². The molecule has 0 unspecified atom stereocenters. The molecule has 0 amide bonds. The van der Waals surface area contributed by atoms with E-state index in [2.05, 4.69) is 20.8 Å². The number of aliphatic carboxylic acids is 1. The summed E-state index contributed by atoms with van der Waals surface area (Å²) in [5, 5.41) is 8.69. The third kappa shape index (κ3) is 3.83. The number of hydrogen-bond acceptors (Lipinski definition) is 3. The number of rotatable bonds is 5. The highest BCUT2D eigenvalue weighted by molar-refractivity contribution is 6.00. The lowest BCUT2D eigenvalue weighted by atomic mass is 9.83. The molecule has 0 aliphatic carbocycles. The average Bonchev–Trinajstić information content (AvgIpc) is 2.33. The number of ether oxygens (including phenoxy) is 1. The van der Waals surface area contributed by atoms with E-state index in [4.69, 9.17) is 9.84 Å². The molecule has 4 nitrogen and oxygen atoms in total. The van der Waals surface area contributed by atoms with Crippen LogP contribution in [0.3, 0.4) is 0 Å². The molecule has 0 heterocycles. The molecule has 1 N–H and O–H groups in total. The predicted octanol–water partition coefficient (Wildman–Crippen LogP) is 3.35. The van der Waals surface area contributed by atoms with Gasteiger partial charge in [0.05, 0.1) is 19.1 Å². The van der Waals surface area contributed by atoms with Gasteiger partial charge in [-0.3, -0.25) is 9.59 Å². The van der Waals surface area contributed by atoms with Crippen molar-refractivity contribution in [1.29, 1.82) is 0 Å². The Kier molecular flexibility index (Phi) is 4.93. The lowest BCUT2D eigenvalue weighted by molar-refractivity contribution is -0.136. The van der Waals surface area contributed by atoms with Crippen LogP contribution in [-0.2, 0) is 10.2 Å². The Morgan fingerprint density at radius 1 is 1.20 bits per heavy atom. The first-order chi connectivity index (χ1) is 9.16. The zero-order chi connectivity index (χ0) is 15.5. The number of ketones is 1. The Bertz CT molecular complexity index is 524. The van der Waals surface area contributed by atoms with Crippen LogP contribution < -0.4 is 4.74 Å². The predicted molar refractivity (Wildman–Crippen MR) is 77.6 cm³/mol. The summed E-state index contributed by atoms with van der Waals surface area (Å²) in [6.07, 6.45) is -0.181. The maximum absolute atomic E-state index is 12.2. The van der Waals surface area contributed by atoms with Gasteiger partial charge in [0.1, 0.15) is 5.75 Å². The van der Waals surface area contributed by atoms with E-state index < -0.39 is 5.97 Å². The third-order valence-electron chi connectivity index (χ3n) is 3.11. The summed E-state index contributed by atoms with van der Waals surface area (Å²) < 4.78 is 5.42. The fourth-order valence-electron chi connectivity index (χ4n) is 2.11. The van der Waals surface area contributed by atoms with Crippen molar-refractivity contribution in [2.45, 2.75) is 46.0 Å². The molecule has 0 bridgehead atoms. The molecule has 0 atom stereocenters. The van der Waals surface area contributed by atoms with Gasteiger partial charge in [-0.2, -0.15) is 0 Å². The van der Waals surface area contributed by atoms with Gasteiger partial charge in [-0.25, -0.2) is 0 Å². The number of methoxy groups -OCH3 is 1. The normalized spacial score (nSPS) is 11.2. The van der Waals surface area contributed by atoms with E-state index in [1.807, 2.05) is 13.0 Å². The second-order valence-electron chi connectivity index (χ2n) is 5.96. The van der Waals surface area contributed by atoms with E-state index in [-0.39, 0.29) is 24.0 Å². The molecule has 20 heavy (non-hydrogen) atoms. The second-order valence-corrected chi connectivity index (χ2v) is 5.96. The highest BCUT2D eigenvalue weighted by Crippen LogP contribution is 2.35. The largest absolute Gasteiger partial charge is 0.496 e. The minimum Gasteiger partial charge on any atom is -0.496 e. The Labute approximate surface area is 119 Å². The summed E-state index contributed by atoms with van der Waals surface area (Å²) in [5.74, 6) is -0.613. The van der Waals surface area contributed by atoms with E-state index in [9.17, 15) is 9.59 Å². The molecule has 1 aromatic carbocycles. The zero-order valence-electron chi connectivity index (χ0n) is 12.7. The van der Waals surface area contributed by atoms with Crippen LogP contribution in [0, 0.1) is 6.92 Å². The van der Waals surface area contributed by atoms with Crippen LogP contribution in [0.1, 0.15) is 55.1 Å². The number of carbonyl (C=O) groups excluding carboxylic acids is 1. The van der Waals surface area contributed by atoms with Gasteiger partial charge in [-0.1, -0.05) is 26.8 Å². The van der Waals surface area contributed by atoms with E-state index in [0.717, 1.165) is 11.1 Å². The van der Waals surface area contributed by atoms with Crippen molar-refractivity contribution in [3.8, 4) is 5.75 Å². The molecule has 1 aromatic rings. The first-order valence-electron chi connectivity index (χ1n) is 6.61. The van der Waals surface area contributed by atoms with Gasteiger partial charge in [-0.05, 0) is 24.0 Å². The van der Waals surface area contributed by atoms with E-state index in [0.29, 0.717) is 11.3 Å². The molecule has 0 aliphatic heterocycles. The van der Waals surface area contributed by atoms with E-state index in [1.54, 1.807) is 6.07 Å². The summed E-state index contributed by atoms with van der Waals surface area (Å²) in [7, 11) is 1.54. The molecule has 4 heteroatoms. The number of carbonyl (C=O) groups is 2. The maximum Gasteiger partial charge on any atom is 0.303 e. The van der Waals surface area contributed by atoms with E-state index >= 15 is 0 Å². The first kappa shape index (κ1) is 16.2. The molecule has 1 rings (SSSR count). The van der Waals surface area contributed by atoms with Crippen LogP contribution in [0.25, 0.3) is 0 Å². The lowest BCUT2D eigenvalue weighted by Crippen LogP contribution is -2.16. The fourth-order valence-corrected chi connectivity index (χ4v) is 2.11. The molecule has 0 saturated heterocycles. The number of benzene rings is 1. The van der Waals surface area contributed by atoms with Gasteiger partial charge in [0.15, 0.2) is 5.78 Å². The second kappa shape index (κ2) is 6.07. The Morgan fingerprint density at radius 3 is 2.25 bits per heavy atom. The smallest absolute Gasteiger partial charge is 0.303 e. The van der Waals surface area contributed by atoms with Crippen LogP contribution >= 0.6 is 0 Å². The van der Waals surface area contributed by atoms with Crippen LogP contribution in [-0.4, -0.2) is 24.0 Å². The molecule has 0 radical (unpaired) electrons. The molecular weight excluding hydrogens is 256 g/mol. The summed E-state index contributed by atoms with van der Waals surface area (Å²) in [6.45, 7) is 8.07. The van der Waals surface area contributed by atoms with Crippen molar-refractivity contribution in [2.75, 3.05) is 7.11 Å². The quantitative estimate of drug-likeness (QED) is 0.839. The van der Waals surface area contributed by atoms with Crippen molar-refractivity contribution in [1.82, 2.24) is 0 Å². The van der Waals surface area contributed by atoms with Crippen molar-refractivity contribution < 1.29 is 19.4 Å². The summed E-state index contributed by atoms with van der Waals surface area (Å²) in [6, 6.07) is 3.77. The van der Waals surface area contributed by atoms with Crippen molar-refractivity contribution >= 4 is 11.8 Å². The Hall–Kier alpha value is -1.84. The third-order valence-corrected chi connectivity index (χ3v) is 3.11. The van der Waals surface area contributed by atoms with Gasteiger partial charge in [0.2, 0.25) is 0 Å². The molecule has 0 aliphatic rings. The zero-order valence-corrected chi connectivity index (χ0v) is 12.7. The fraction of sp³-hybridized carbons (Fsp3) is 0.500. The minimum absolute atomic E-state index is 0.0151.